The molecule has 1 aliphatic heterocycles. The summed E-state index contributed by atoms with van der Waals surface area (Å²) in [6.45, 7) is 1.62. The van der Waals surface area contributed by atoms with Crippen LogP contribution in [0.4, 0.5) is 0 Å². The molecule has 5 amide bonds. The molecule has 16 nitrogen and oxygen atoms in total. The Bertz CT molecular complexity index is 1520. The number of carbonyl (C=O) groups is 5. The molecule has 0 radical (unpaired) electrons. The highest BCUT2D eigenvalue weighted by Gasteiger charge is 2.30. The van der Waals surface area contributed by atoms with Crippen LogP contribution in [-0.2, 0) is 36.8 Å². The summed E-state index contributed by atoms with van der Waals surface area (Å²) in [5.41, 5.74) is 2.27. The number of carbonyl (C=O) groups excluding carboxylic acids is 5. The smallest absolute Gasteiger partial charge is 0.243 e. The molecule has 2 aromatic rings. The van der Waals surface area contributed by atoms with Crippen LogP contribution in [0, 0.1) is 0 Å². The third kappa shape index (κ3) is 12.8. The maximum absolute atomic E-state index is 13.8. The highest BCUT2D eigenvalue weighted by atomic mass is 16.3. The number of likely N-dealkylation sites (N-methyl/N-ethyl adjacent to an activating group) is 3. The van der Waals surface area contributed by atoms with Gasteiger partial charge in [-0.25, -0.2) is 0 Å². The fourth-order valence-corrected chi connectivity index (χ4v) is 5.86. The lowest BCUT2D eigenvalue weighted by molar-refractivity contribution is -0.133. The van der Waals surface area contributed by atoms with Gasteiger partial charge in [0.15, 0.2) is 0 Å². The quantitative estimate of drug-likeness (QED) is 0.0828. The Kier molecular flexibility index (Phi) is 17.3. The second-order valence-corrected chi connectivity index (χ2v) is 12.8. The van der Waals surface area contributed by atoms with Crippen LogP contribution in [0.25, 0.3) is 11.1 Å². The number of benzene rings is 2. The van der Waals surface area contributed by atoms with Gasteiger partial charge in [-0.3, -0.25) is 24.0 Å². The summed E-state index contributed by atoms with van der Waals surface area (Å²) in [6, 6.07) is 6.47. The van der Waals surface area contributed by atoms with Gasteiger partial charge in [0.1, 0.15) is 23.6 Å². The molecule has 1 heterocycles. The van der Waals surface area contributed by atoms with E-state index in [-0.39, 0.29) is 49.8 Å². The monoisotopic (exact) mass is 725 g/mol. The summed E-state index contributed by atoms with van der Waals surface area (Å²) in [5, 5.41) is 47.1. The van der Waals surface area contributed by atoms with E-state index in [0.29, 0.717) is 61.2 Å². The van der Waals surface area contributed by atoms with Crippen LogP contribution in [-0.4, -0.2) is 125 Å². The first kappa shape index (κ1) is 41.6. The summed E-state index contributed by atoms with van der Waals surface area (Å²) in [6.07, 6.45) is 1.81. The average molecular weight is 726 g/mol. The second-order valence-electron chi connectivity index (χ2n) is 12.8. The third-order valence-corrected chi connectivity index (χ3v) is 8.94. The van der Waals surface area contributed by atoms with E-state index in [1.807, 2.05) is 0 Å². The maximum atomic E-state index is 13.8. The number of aromatic hydroxyl groups is 2. The summed E-state index contributed by atoms with van der Waals surface area (Å²) >= 11 is 0. The van der Waals surface area contributed by atoms with Crippen molar-refractivity contribution >= 4 is 29.5 Å². The van der Waals surface area contributed by atoms with Gasteiger partial charge >= 0.3 is 0 Å². The zero-order valence-electron chi connectivity index (χ0n) is 30.5. The Labute approximate surface area is 305 Å². The Hall–Kier alpha value is -4.77. The predicted molar refractivity (Wildman–Crippen MR) is 198 cm³/mol. The van der Waals surface area contributed by atoms with Crippen LogP contribution in [0.3, 0.4) is 0 Å². The molecule has 0 fully saturated rings. The normalized spacial score (nSPS) is 18.2. The first-order valence-corrected chi connectivity index (χ1v) is 17.7. The van der Waals surface area contributed by atoms with Crippen LogP contribution in [0.5, 0.6) is 11.5 Å². The van der Waals surface area contributed by atoms with Crippen molar-refractivity contribution in [3.63, 3.8) is 0 Å². The molecular formula is C36H55N9O7. The van der Waals surface area contributed by atoms with E-state index in [2.05, 4.69) is 47.9 Å². The van der Waals surface area contributed by atoms with Gasteiger partial charge in [0.2, 0.25) is 29.5 Å². The average Bonchev–Trinajstić information content (AvgIpc) is 3.13. The van der Waals surface area contributed by atoms with E-state index >= 15 is 0 Å². The van der Waals surface area contributed by atoms with Crippen molar-refractivity contribution in [1.82, 2.24) is 47.9 Å². The van der Waals surface area contributed by atoms with Crippen molar-refractivity contribution in [3.05, 3.63) is 47.5 Å². The number of nitrogens with one attached hydrogen (secondary N) is 9. The molecule has 0 unspecified atom stereocenters. The minimum Gasteiger partial charge on any atom is -0.508 e. The Balaban J connectivity index is 1.79. The molecule has 0 saturated heterocycles. The topological polar surface area (TPSA) is 234 Å². The molecule has 286 valence electrons. The molecule has 0 saturated carbocycles. The lowest BCUT2D eigenvalue weighted by Crippen LogP contribution is -2.57. The summed E-state index contributed by atoms with van der Waals surface area (Å²) in [5.74, 6) is -2.40. The molecule has 0 aliphatic carbocycles. The molecule has 4 atom stereocenters. The Morgan fingerprint density at radius 2 is 1.42 bits per heavy atom. The van der Waals surface area contributed by atoms with E-state index in [1.54, 1.807) is 52.5 Å². The molecule has 16 heteroatoms. The van der Waals surface area contributed by atoms with Crippen LogP contribution in [0.2, 0.25) is 0 Å². The van der Waals surface area contributed by atoms with Gasteiger partial charge < -0.3 is 58.1 Å². The van der Waals surface area contributed by atoms with Crippen LogP contribution >= 0.6 is 0 Å². The third-order valence-electron chi connectivity index (χ3n) is 8.94. The highest BCUT2D eigenvalue weighted by Crippen LogP contribution is 2.31. The number of hydrogen-bond donors (Lipinski definition) is 11. The molecular weight excluding hydrogens is 670 g/mol. The van der Waals surface area contributed by atoms with E-state index < -0.39 is 47.8 Å². The second kappa shape index (κ2) is 21.6. The standard InChI is InChI=1S/C36H55N9O7/c1-37-13-5-8-27-35(51)45-29(34(50)43-21-32(48)41-14-6-7-26(39-3)33(49)42-16-15-38-2)20-25-18-23(10-12-31(25)47)22-9-11-30(46)24(17-22)19-28(40-4)36(52)44-27/h9-12,17-18,26-29,37-40,46-47H,5-8,13-16,19-21H2,1-4H3,(H,41,48)(H,42,49)(H,43,50)(H,44,52)(H,45,51)/t26-,27-,28-,29-/m0/s1. The minimum atomic E-state index is -1.22. The first-order valence-electron chi connectivity index (χ1n) is 17.7. The van der Waals surface area contributed by atoms with Crippen LogP contribution < -0.4 is 47.9 Å². The fourth-order valence-electron chi connectivity index (χ4n) is 5.86. The number of hydrogen-bond acceptors (Lipinski definition) is 11. The first-order chi connectivity index (χ1) is 25.0. The number of phenolic OH excluding ortho intramolecular Hbond substituents is 2. The van der Waals surface area contributed by atoms with Gasteiger partial charge in [-0.2, -0.15) is 0 Å². The zero-order valence-corrected chi connectivity index (χ0v) is 30.5. The summed E-state index contributed by atoms with van der Waals surface area (Å²) < 4.78 is 0. The number of phenols is 2. The van der Waals surface area contributed by atoms with Gasteiger partial charge in [0.25, 0.3) is 0 Å². The highest BCUT2D eigenvalue weighted by molar-refractivity contribution is 5.94. The molecule has 0 spiro atoms. The largest absolute Gasteiger partial charge is 0.508 e. The van der Waals surface area contributed by atoms with Crippen LogP contribution in [0.15, 0.2) is 36.4 Å². The molecule has 0 aromatic heterocycles. The molecule has 1 aliphatic rings. The summed E-state index contributed by atoms with van der Waals surface area (Å²) in [7, 11) is 6.88. The lowest BCUT2D eigenvalue weighted by atomic mass is 9.95. The Morgan fingerprint density at radius 1 is 0.769 bits per heavy atom. The maximum Gasteiger partial charge on any atom is 0.243 e. The number of rotatable bonds is 17. The van der Waals surface area contributed by atoms with Gasteiger partial charge in [-0.1, -0.05) is 12.1 Å². The predicted octanol–water partition coefficient (Wildman–Crippen LogP) is -1.64. The summed E-state index contributed by atoms with van der Waals surface area (Å²) in [4.78, 5) is 65.9. The number of amides is 5. The Morgan fingerprint density at radius 3 is 2.04 bits per heavy atom. The van der Waals surface area contributed by atoms with E-state index in [1.165, 1.54) is 12.1 Å². The fraction of sp³-hybridized carbons (Fsp3) is 0.528. The SMILES string of the molecule is CNCCC[C@@H]1NC(=O)[C@@H](NC)Cc2cc(ccc2O)-c2ccc(O)c(c2)C[C@@H](C(=O)NCC(=O)NCCC[C@H](NC)C(=O)NCCNC)NC1=O. The lowest BCUT2D eigenvalue weighted by Gasteiger charge is -2.25. The minimum absolute atomic E-state index is 0.00882. The van der Waals surface area contributed by atoms with Crippen molar-refractivity contribution in [2.75, 3.05) is 60.9 Å². The van der Waals surface area contributed by atoms with Gasteiger partial charge in [0.05, 0.1) is 18.6 Å². The molecule has 11 N–H and O–H groups in total. The molecule has 52 heavy (non-hydrogen) atoms. The van der Waals surface area contributed by atoms with Crippen molar-refractivity contribution in [2.45, 2.75) is 62.7 Å². The van der Waals surface area contributed by atoms with Crippen molar-refractivity contribution in [3.8, 4) is 22.6 Å². The van der Waals surface area contributed by atoms with Crippen molar-refractivity contribution < 1.29 is 34.2 Å². The van der Waals surface area contributed by atoms with E-state index in [0.717, 1.165) is 0 Å². The van der Waals surface area contributed by atoms with E-state index in [9.17, 15) is 34.2 Å². The van der Waals surface area contributed by atoms with Crippen molar-refractivity contribution in [2.24, 2.45) is 0 Å². The molecule has 4 bridgehead atoms. The number of fused-ring (bicyclic) bond motifs is 5. The van der Waals surface area contributed by atoms with Crippen molar-refractivity contribution in [1.29, 1.82) is 0 Å². The molecule has 2 aromatic carbocycles. The molecule has 3 rings (SSSR count). The van der Waals surface area contributed by atoms with Gasteiger partial charge in [-0.15, -0.1) is 0 Å². The van der Waals surface area contributed by atoms with Gasteiger partial charge in [-0.05, 0) is 107 Å². The zero-order chi connectivity index (χ0) is 38.0. The van der Waals surface area contributed by atoms with Gasteiger partial charge in [0, 0.05) is 32.5 Å². The van der Waals surface area contributed by atoms with Crippen LogP contribution in [0.1, 0.15) is 36.8 Å². The van der Waals surface area contributed by atoms with E-state index in [4.69, 9.17) is 0 Å².